The summed E-state index contributed by atoms with van der Waals surface area (Å²) < 4.78 is 5.45. The number of amides is 2. The molecule has 30 heavy (non-hydrogen) atoms. The number of anilines is 1. The summed E-state index contributed by atoms with van der Waals surface area (Å²) in [4.78, 5) is 28.3. The fourth-order valence-electron chi connectivity index (χ4n) is 4.33. The van der Waals surface area contributed by atoms with Crippen LogP contribution < -0.4 is 10.1 Å². The summed E-state index contributed by atoms with van der Waals surface area (Å²) in [6.07, 6.45) is 6.11. The molecule has 1 aliphatic carbocycles. The number of hydrogen-bond donors (Lipinski definition) is 1. The standard InChI is InChI=1S/C25H28N2O3/c1-2-30-21-13-11-20(12-14-21)26-24(28)22-9-5-6-10-23(22)25(29)27-16-15-18-7-3-4-8-19(18)17-27/h3-8,11-14,22-23H,2,9-10,15-17H2,1H3,(H,26,28). The Balaban J connectivity index is 1.44. The summed E-state index contributed by atoms with van der Waals surface area (Å²) >= 11 is 0. The molecule has 5 heteroatoms. The molecule has 2 aromatic carbocycles. The van der Waals surface area contributed by atoms with Gasteiger partial charge >= 0.3 is 0 Å². The minimum atomic E-state index is -0.355. The van der Waals surface area contributed by atoms with Crippen LogP contribution >= 0.6 is 0 Å². The van der Waals surface area contributed by atoms with Crippen molar-refractivity contribution in [2.75, 3.05) is 18.5 Å². The molecule has 2 aliphatic rings. The van der Waals surface area contributed by atoms with Crippen molar-refractivity contribution in [2.45, 2.75) is 32.7 Å². The van der Waals surface area contributed by atoms with Crippen LogP contribution in [0.5, 0.6) is 5.75 Å². The number of nitrogens with one attached hydrogen (secondary N) is 1. The highest BCUT2D eigenvalue weighted by Gasteiger charge is 2.37. The molecule has 2 unspecified atom stereocenters. The maximum Gasteiger partial charge on any atom is 0.228 e. The maximum absolute atomic E-state index is 13.3. The molecule has 0 saturated heterocycles. The zero-order valence-electron chi connectivity index (χ0n) is 17.3. The average molecular weight is 405 g/mol. The van der Waals surface area contributed by atoms with Crippen LogP contribution in [0.1, 0.15) is 30.9 Å². The Morgan fingerprint density at radius 2 is 1.70 bits per heavy atom. The topological polar surface area (TPSA) is 58.6 Å². The normalized spacial score (nSPS) is 20.4. The van der Waals surface area contributed by atoms with Crippen molar-refractivity contribution in [2.24, 2.45) is 11.8 Å². The zero-order valence-corrected chi connectivity index (χ0v) is 17.3. The van der Waals surface area contributed by atoms with Gasteiger partial charge in [-0.25, -0.2) is 0 Å². The Bertz CT molecular complexity index is 936. The Morgan fingerprint density at radius 1 is 1.00 bits per heavy atom. The summed E-state index contributed by atoms with van der Waals surface area (Å²) in [5.41, 5.74) is 3.24. The number of rotatable bonds is 5. The summed E-state index contributed by atoms with van der Waals surface area (Å²) in [5.74, 6) is 0.0868. The van der Waals surface area contributed by atoms with Gasteiger partial charge in [0.15, 0.2) is 0 Å². The van der Waals surface area contributed by atoms with E-state index in [9.17, 15) is 9.59 Å². The van der Waals surface area contributed by atoms with E-state index in [0.29, 0.717) is 32.5 Å². The number of hydrogen-bond acceptors (Lipinski definition) is 3. The van der Waals surface area contributed by atoms with Gasteiger partial charge in [0, 0.05) is 18.8 Å². The second kappa shape index (κ2) is 9.16. The third kappa shape index (κ3) is 4.40. The van der Waals surface area contributed by atoms with Crippen molar-refractivity contribution in [3.05, 3.63) is 71.8 Å². The van der Waals surface area contributed by atoms with Gasteiger partial charge in [-0.1, -0.05) is 36.4 Å². The van der Waals surface area contributed by atoms with Crippen molar-refractivity contribution >= 4 is 17.5 Å². The van der Waals surface area contributed by atoms with Crippen LogP contribution in [0.4, 0.5) is 5.69 Å². The number of carbonyl (C=O) groups is 2. The molecule has 0 aromatic heterocycles. The fourth-order valence-corrected chi connectivity index (χ4v) is 4.33. The molecule has 1 heterocycles. The Labute approximate surface area is 177 Å². The highest BCUT2D eigenvalue weighted by Crippen LogP contribution is 2.31. The number of ether oxygens (including phenoxy) is 1. The van der Waals surface area contributed by atoms with E-state index in [-0.39, 0.29) is 23.7 Å². The zero-order chi connectivity index (χ0) is 20.9. The van der Waals surface area contributed by atoms with Crippen LogP contribution in [-0.4, -0.2) is 29.9 Å². The molecule has 0 fully saturated rings. The molecule has 5 nitrogen and oxygen atoms in total. The monoisotopic (exact) mass is 404 g/mol. The minimum Gasteiger partial charge on any atom is -0.494 e. The van der Waals surface area contributed by atoms with Gasteiger partial charge in [0.05, 0.1) is 18.4 Å². The molecule has 1 N–H and O–H groups in total. The first-order valence-electron chi connectivity index (χ1n) is 10.7. The molecule has 0 radical (unpaired) electrons. The highest BCUT2D eigenvalue weighted by atomic mass is 16.5. The lowest BCUT2D eigenvalue weighted by molar-refractivity contribution is -0.141. The highest BCUT2D eigenvalue weighted by molar-refractivity contribution is 5.96. The average Bonchev–Trinajstić information content (AvgIpc) is 2.79. The van der Waals surface area contributed by atoms with Crippen LogP contribution in [0.2, 0.25) is 0 Å². The van der Waals surface area contributed by atoms with E-state index in [0.717, 1.165) is 17.9 Å². The van der Waals surface area contributed by atoms with Gasteiger partial charge in [-0.2, -0.15) is 0 Å². The van der Waals surface area contributed by atoms with Crippen molar-refractivity contribution < 1.29 is 14.3 Å². The van der Waals surface area contributed by atoms with E-state index in [4.69, 9.17) is 4.74 Å². The minimum absolute atomic E-state index is 0.0840. The smallest absolute Gasteiger partial charge is 0.228 e. The molecule has 4 rings (SSSR count). The molecular weight excluding hydrogens is 376 g/mol. The van der Waals surface area contributed by atoms with Crippen LogP contribution in [0.25, 0.3) is 0 Å². The SMILES string of the molecule is CCOc1ccc(NC(=O)C2CC=CCC2C(=O)N2CCc3ccccc3C2)cc1. The molecule has 2 atom stereocenters. The molecule has 156 valence electrons. The lowest BCUT2D eigenvalue weighted by Crippen LogP contribution is -2.44. The second-order valence-electron chi connectivity index (χ2n) is 7.88. The van der Waals surface area contributed by atoms with Gasteiger partial charge in [-0.3, -0.25) is 9.59 Å². The fraction of sp³-hybridized carbons (Fsp3) is 0.360. The van der Waals surface area contributed by atoms with E-state index < -0.39 is 0 Å². The summed E-state index contributed by atoms with van der Waals surface area (Å²) in [6.45, 7) is 3.88. The number of carbonyl (C=O) groups excluding carboxylic acids is 2. The van der Waals surface area contributed by atoms with E-state index >= 15 is 0 Å². The largest absolute Gasteiger partial charge is 0.494 e. The molecule has 1 aliphatic heterocycles. The van der Waals surface area contributed by atoms with Crippen molar-refractivity contribution in [1.29, 1.82) is 0 Å². The number of nitrogens with zero attached hydrogens (tertiary/aromatic N) is 1. The first-order valence-corrected chi connectivity index (χ1v) is 10.7. The van der Waals surface area contributed by atoms with E-state index in [1.807, 2.05) is 60.4 Å². The maximum atomic E-state index is 13.3. The van der Waals surface area contributed by atoms with Gasteiger partial charge in [-0.05, 0) is 61.6 Å². The lowest BCUT2D eigenvalue weighted by Gasteiger charge is -2.35. The van der Waals surface area contributed by atoms with Crippen molar-refractivity contribution in [3.63, 3.8) is 0 Å². The Kier molecular flexibility index (Phi) is 6.17. The van der Waals surface area contributed by atoms with Gasteiger partial charge in [0.1, 0.15) is 5.75 Å². The lowest BCUT2D eigenvalue weighted by atomic mass is 9.81. The predicted molar refractivity (Wildman–Crippen MR) is 117 cm³/mol. The first-order chi connectivity index (χ1) is 14.7. The van der Waals surface area contributed by atoms with E-state index in [2.05, 4.69) is 17.4 Å². The van der Waals surface area contributed by atoms with Crippen molar-refractivity contribution in [1.82, 2.24) is 4.90 Å². The number of fused-ring (bicyclic) bond motifs is 1. The van der Waals surface area contributed by atoms with Crippen LogP contribution in [0.15, 0.2) is 60.7 Å². The number of allylic oxidation sites excluding steroid dienone is 2. The van der Waals surface area contributed by atoms with Gasteiger partial charge in [-0.15, -0.1) is 0 Å². The predicted octanol–water partition coefficient (Wildman–Crippen LogP) is 4.19. The van der Waals surface area contributed by atoms with Crippen LogP contribution in [0, 0.1) is 11.8 Å². The molecular formula is C25H28N2O3. The van der Waals surface area contributed by atoms with Gasteiger partial charge < -0.3 is 15.0 Å². The summed E-state index contributed by atoms with van der Waals surface area (Å²) in [5, 5.41) is 2.99. The summed E-state index contributed by atoms with van der Waals surface area (Å²) in [7, 11) is 0. The molecule has 2 amide bonds. The molecule has 0 bridgehead atoms. The van der Waals surface area contributed by atoms with Crippen molar-refractivity contribution in [3.8, 4) is 5.75 Å². The third-order valence-corrected chi connectivity index (χ3v) is 5.96. The van der Waals surface area contributed by atoms with Crippen LogP contribution in [-0.2, 0) is 22.6 Å². The Morgan fingerprint density at radius 3 is 2.43 bits per heavy atom. The quantitative estimate of drug-likeness (QED) is 0.760. The first kappa shape index (κ1) is 20.2. The van der Waals surface area contributed by atoms with E-state index in [1.54, 1.807) is 0 Å². The number of benzene rings is 2. The van der Waals surface area contributed by atoms with Crippen LogP contribution in [0.3, 0.4) is 0 Å². The van der Waals surface area contributed by atoms with E-state index in [1.165, 1.54) is 11.1 Å². The summed E-state index contributed by atoms with van der Waals surface area (Å²) in [6, 6.07) is 15.6. The molecule has 0 spiro atoms. The second-order valence-corrected chi connectivity index (χ2v) is 7.88. The third-order valence-electron chi connectivity index (χ3n) is 5.96. The molecule has 2 aromatic rings. The molecule has 0 saturated carbocycles. The van der Waals surface area contributed by atoms with Gasteiger partial charge in [0.25, 0.3) is 0 Å². The Hall–Kier alpha value is -3.08. The van der Waals surface area contributed by atoms with Gasteiger partial charge in [0.2, 0.25) is 11.8 Å².